The Morgan fingerprint density at radius 1 is 1.52 bits per heavy atom. The van der Waals surface area contributed by atoms with E-state index in [1.54, 1.807) is 13.2 Å². The Morgan fingerprint density at radius 3 is 2.90 bits per heavy atom. The van der Waals surface area contributed by atoms with Gasteiger partial charge in [-0.15, -0.1) is 0 Å². The molecule has 0 unspecified atom stereocenters. The Labute approximate surface area is 123 Å². The van der Waals surface area contributed by atoms with E-state index in [1.807, 2.05) is 0 Å². The molecule has 4 nitrogen and oxygen atoms in total. The molecule has 2 rings (SSSR count). The fraction of sp³-hybridized carbons (Fsp3) is 0.438. The summed E-state index contributed by atoms with van der Waals surface area (Å²) in [6.07, 6.45) is 2.07. The molecule has 5 heteroatoms. The number of carbonyl (C=O) groups excluding carboxylic acids is 1. The van der Waals surface area contributed by atoms with Gasteiger partial charge < -0.3 is 15.2 Å². The summed E-state index contributed by atoms with van der Waals surface area (Å²) in [6.45, 7) is -0.0566. The van der Waals surface area contributed by atoms with E-state index >= 15 is 0 Å². The molecule has 0 radical (unpaired) electrons. The number of hydrogen-bond acceptors (Lipinski definition) is 3. The summed E-state index contributed by atoms with van der Waals surface area (Å²) in [6, 6.07) is 4.31. The van der Waals surface area contributed by atoms with Crippen LogP contribution in [0.3, 0.4) is 0 Å². The summed E-state index contributed by atoms with van der Waals surface area (Å²) in [5.74, 6) is 4.45. The molecular weight excluding hydrogens is 273 g/mol. The Balaban J connectivity index is 1.96. The van der Waals surface area contributed by atoms with Crippen molar-refractivity contribution in [2.75, 3.05) is 13.7 Å². The largest absolute Gasteiger partial charge is 0.395 e. The van der Waals surface area contributed by atoms with Crippen molar-refractivity contribution >= 4 is 5.91 Å². The number of halogens is 1. The topological polar surface area (TPSA) is 58.6 Å². The zero-order chi connectivity index (χ0) is 15.2. The van der Waals surface area contributed by atoms with Gasteiger partial charge in [-0.3, -0.25) is 4.79 Å². The van der Waals surface area contributed by atoms with Crippen molar-refractivity contribution in [2.45, 2.75) is 31.4 Å². The maximum absolute atomic E-state index is 13.8. The molecule has 1 saturated carbocycles. The number of carbonyl (C=O) groups is 1. The number of aliphatic hydroxyl groups excluding tert-OH is 1. The SMILES string of the molecule is COC1CC(NC(=O)c2ccc(C#CCCO)c(F)c2)C1. The first-order valence-corrected chi connectivity index (χ1v) is 6.87. The van der Waals surface area contributed by atoms with Crippen LogP contribution in [0.4, 0.5) is 4.39 Å². The second kappa shape index (κ2) is 7.21. The van der Waals surface area contributed by atoms with Gasteiger partial charge in [0, 0.05) is 25.1 Å². The third kappa shape index (κ3) is 4.03. The van der Waals surface area contributed by atoms with E-state index < -0.39 is 5.82 Å². The van der Waals surface area contributed by atoms with E-state index in [4.69, 9.17) is 9.84 Å². The second-order valence-corrected chi connectivity index (χ2v) is 4.97. The van der Waals surface area contributed by atoms with Gasteiger partial charge in [0.2, 0.25) is 0 Å². The summed E-state index contributed by atoms with van der Waals surface area (Å²) in [7, 11) is 1.65. The molecule has 1 aromatic rings. The van der Waals surface area contributed by atoms with E-state index in [1.165, 1.54) is 12.1 Å². The van der Waals surface area contributed by atoms with Gasteiger partial charge in [0.05, 0.1) is 18.3 Å². The lowest BCUT2D eigenvalue weighted by molar-refractivity contribution is 0.0176. The zero-order valence-corrected chi connectivity index (χ0v) is 11.9. The van der Waals surface area contributed by atoms with Crippen LogP contribution in [0.5, 0.6) is 0 Å². The van der Waals surface area contributed by atoms with Crippen LogP contribution in [-0.4, -0.2) is 36.9 Å². The number of nitrogens with one attached hydrogen (secondary N) is 1. The highest BCUT2D eigenvalue weighted by Gasteiger charge is 2.30. The summed E-state index contributed by atoms with van der Waals surface area (Å²) >= 11 is 0. The van der Waals surface area contributed by atoms with Crippen LogP contribution in [0.25, 0.3) is 0 Å². The van der Waals surface area contributed by atoms with Gasteiger partial charge in [0.1, 0.15) is 5.82 Å². The molecule has 0 aromatic heterocycles. The maximum Gasteiger partial charge on any atom is 0.251 e. The lowest BCUT2D eigenvalue weighted by Crippen LogP contribution is -2.47. The van der Waals surface area contributed by atoms with Crippen molar-refractivity contribution in [1.82, 2.24) is 5.32 Å². The summed E-state index contributed by atoms with van der Waals surface area (Å²) in [4.78, 5) is 12.0. The molecule has 2 N–H and O–H groups in total. The van der Waals surface area contributed by atoms with Gasteiger partial charge in [0.15, 0.2) is 0 Å². The molecule has 0 saturated heterocycles. The fourth-order valence-electron chi connectivity index (χ4n) is 2.12. The van der Waals surface area contributed by atoms with E-state index in [2.05, 4.69) is 17.2 Å². The number of hydrogen-bond donors (Lipinski definition) is 2. The van der Waals surface area contributed by atoms with Crippen LogP contribution in [0.15, 0.2) is 18.2 Å². The van der Waals surface area contributed by atoms with Crippen LogP contribution in [-0.2, 0) is 4.74 Å². The average Bonchev–Trinajstić information content (AvgIpc) is 2.44. The average molecular weight is 291 g/mol. The maximum atomic E-state index is 13.8. The predicted molar refractivity (Wildman–Crippen MR) is 76.3 cm³/mol. The molecule has 0 atom stereocenters. The van der Waals surface area contributed by atoms with Gasteiger partial charge in [-0.25, -0.2) is 4.39 Å². The summed E-state index contributed by atoms with van der Waals surface area (Å²) < 4.78 is 19.0. The number of ether oxygens (including phenoxy) is 1. The van der Waals surface area contributed by atoms with Crippen LogP contribution >= 0.6 is 0 Å². The molecular formula is C16H18FNO3. The number of methoxy groups -OCH3 is 1. The van der Waals surface area contributed by atoms with E-state index in [0.29, 0.717) is 6.42 Å². The van der Waals surface area contributed by atoms with Crippen LogP contribution < -0.4 is 5.32 Å². The standard InChI is InChI=1S/C16H18FNO3/c1-21-14-9-13(10-14)18-16(20)12-6-5-11(15(17)8-12)4-2-3-7-19/h5-6,8,13-14,19H,3,7,9-10H2,1H3,(H,18,20). The molecule has 0 bridgehead atoms. The quantitative estimate of drug-likeness (QED) is 0.826. The van der Waals surface area contributed by atoms with Crippen LogP contribution in [0, 0.1) is 17.7 Å². The minimum Gasteiger partial charge on any atom is -0.395 e. The Morgan fingerprint density at radius 2 is 2.29 bits per heavy atom. The van der Waals surface area contributed by atoms with Crippen molar-refractivity contribution in [3.8, 4) is 11.8 Å². The molecule has 1 amide bonds. The Kier molecular flexibility index (Phi) is 5.32. The molecule has 112 valence electrons. The van der Waals surface area contributed by atoms with Gasteiger partial charge in [-0.2, -0.15) is 0 Å². The predicted octanol–water partition coefficient (Wildman–Crippen LogP) is 1.47. The van der Waals surface area contributed by atoms with Crippen molar-refractivity contribution < 1.29 is 19.0 Å². The van der Waals surface area contributed by atoms with Gasteiger partial charge >= 0.3 is 0 Å². The zero-order valence-electron chi connectivity index (χ0n) is 11.9. The molecule has 0 heterocycles. The van der Waals surface area contributed by atoms with Crippen molar-refractivity contribution in [3.63, 3.8) is 0 Å². The Bertz CT molecular complexity index is 571. The molecule has 1 fully saturated rings. The van der Waals surface area contributed by atoms with E-state index in [-0.39, 0.29) is 35.8 Å². The highest BCUT2D eigenvalue weighted by atomic mass is 19.1. The molecule has 1 aliphatic rings. The third-order valence-electron chi connectivity index (χ3n) is 3.45. The molecule has 0 aliphatic heterocycles. The molecule has 1 aliphatic carbocycles. The monoisotopic (exact) mass is 291 g/mol. The lowest BCUT2D eigenvalue weighted by Gasteiger charge is -2.34. The minimum absolute atomic E-state index is 0.0566. The van der Waals surface area contributed by atoms with Crippen molar-refractivity contribution in [3.05, 3.63) is 35.1 Å². The highest BCUT2D eigenvalue weighted by molar-refractivity contribution is 5.94. The Hall–Kier alpha value is -1.90. The lowest BCUT2D eigenvalue weighted by atomic mass is 9.89. The molecule has 0 spiro atoms. The van der Waals surface area contributed by atoms with Gasteiger partial charge in [-0.1, -0.05) is 11.8 Å². The normalized spacial score (nSPS) is 20.1. The number of rotatable bonds is 4. The number of aliphatic hydroxyl groups is 1. The van der Waals surface area contributed by atoms with Crippen molar-refractivity contribution in [1.29, 1.82) is 0 Å². The number of amides is 1. The van der Waals surface area contributed by atoms with E-state index in [9.17, 15) is 9.18 Å². The van der Waals surface area contributed by atoms with Gasteiger partial charge in [0.25, 0.3) is 5.91 Å². The van der Waals surface area contributed by atoms with Crippen LogP contribution in [0.2, 0.25) is 0 Å². The minimum atomic E-state index is -0.531. The van der Waals surface area contributed by atoms with Crippen LogP contribution in [0.1, 0.15) is 35.2 Å². The first-order valence-electron chi connectivity index (χ1n) is 6.87. The highest BCUT2D eigenvalue weighted by Crippen LogP contribution is 2.23. The van der Waals surface area contributed by atoms with E-state index in [0.717, 1.165) is 12.8 Å². The molecule has 1 aromatic carbocycles. The summed E-state index contributed by atoms with van der Waals surface area (Å²) in [5, 5.41) is 11.5. The van der Waals surface area contributed by atoms with Crippen molar-refractivity contribution in [2.24, 2.45) is 0 Å². The number of benzene rings is 1. The third-order valence-corrected chi connectivity index (χ3v) is 3.45. The smallest absolute Gasteiger partial charge is 0.251 e. The first kappa shape index (κ1) is 15.5. The summed E-state index contributed by atoms with van der Waals surface area (Å²) in [5.41, 5.74) is 0.504. The fourth-order valence-corrected chi connectivity index (χ4v) is 2.12. The second-order valence-electron chi connectivity index (χ2n) is 4.97. The molecule has 21 heavy (non-hydrogen) atoms. The first-order chi connectivity index (χ1) is 10.1. The van der Waals surface area contributed by atoms with Gasteiger partial charge in [-0.05, 0) is 31.0 Å².